The molecule has 0 heterocycles. The minimum atomic E-state index is -0.710. The van der Waals surface area contributed by atoms with Gasteiger partial charge in [0.1, 0.15) is 0 Å². The predicted molar refractivity (Wildman–Crippen MR) is 74.3 cm³/mol. The fourth-order valence-corrected chi connectivity index (χ4v) is 2.65. The average Bonchev–Trinajstić information content (AvgIpc) is 2.46. The van der Waals surface area contributed by atoms with E-state index < -0.39 is 5.97 Å². The second-order valence-electron chi connectivity index (χ2n) is 5.04. The smallest absolute Gasteiger partial charge is 0.306 e. The second-order valence-corrected chi connectivity index (χ2v) is 5.45. The van der Waals surface area contributed by atoms with Crippen LogP contribution in [0, 0.1) is 17.2 Å². The average molecular weight is 294 g/mol. The molecule has 0 aliphatic heterocycles. The molecular formula is C15H16ClNO3. The molecule has 5 heteroatoms. The lowest BCUT2D eigenvalue weighted by Gasteiger charge is -2.26. The molecule has 2 rings (SSSR count). The van der Waals surface area contributed by atoms with E-state index >= 15 is 0 Å². The summed E-state index contributed by atoms with van der Waals surface area (Å²) in [5.74, 6) is -0.938. The molecule has 1 saturated carbocycles. The van der Waals surface area contributed by atoms with Crippen molar-refractivity contribution >= 4 is 17.6 Å². The molecule has 106 valence electrons. The number of aliphatic carboxylic acids is 1. The number of benzene rings is 1. The first-order valence-electron chi connectivity index (χ1n) is 6.63. The van der Waals surface area contributed by atoms with E-state index in [1.54, 1.807) is 18.2 Å². The maximum absolute atomic E-state index is 10.9. The SMILES string of the molecule is N#Cc1ccc(COC2CCC(C(=O)O)CC2)c(Cl)c1. The molecular weight excluding hydrogens is 278 g/mol. The van der Waals surface area contributed by atoms with E-state index in [1.807, 2.05) is 6.07 Å². The summed E-state index contributed by atoms with van der Waals surface area (Å²) >= 11 is 6.08. The van der Waals surface area contributed by atoms with Gasteiger partial charge in [0.15, 0.2) is 0 Å². The second kappa shape index (κ2) is 6.74. The van der Waals surface area contributed by atoms with Gasteiger partial charge in [0.25, 0.3) is 0 Å². The van der Waals surface area contributed by atoms with Crippen LogP contribution in [-0.2, 0) is 16.1 Å². The number of rotatable bonds is 4. The molecule has 0 bridgehead atoms. The Morgan fingerprint density at radius 2 is 2.10 bits per heavy atom. The Morgan fingerprint density at radius 3 is 2.65 bits per heavy atom. The maximum atomic E-state index is 10.9. The van der Waals surface area contributed by atoms with Crippen LogP contribution < -0.4 is 0 Å². The molecule has 20 heavy (non-hydrogen) atoms. The molecule has 4 nitrogen and oxygen atoms in total. The van der Waals surface area contributed by atoms with Crippen LogP contribution >= 0.6 is 11.6 Å². The largest absolute Gasteiger partial charge is 0.481 e. The lowest BCUT2D eigenvalue weighted by Crippen LogP contribution is -2.25. The quantitative estimate of drug-likeness (QED) is 0.924. The molecule has 1 aromatic rings. The van der Waals surface area contributed by atoms with E-state index in [0.717, 1.165) is 18.4 Å². The summed E-state index contributed by atoms with van der Waals surface area (Å²) in [6, 6.07) is 7.17. The van der Waals surface area contributed by atoms with Crippen LogP contribution in [-0.4, -0.2) is 17.2 Å². The van der Waals surface area contributed by atoms with Crippen LogP contribution in [0.5, 0.6) is 0 Å². The van der Waals surface area contributed by atoms with Crippen LogP contribution in [0.2, 0.25) is 5.02 Å². The number of hydrogen-bond acceptors (Lipinski definition) is 3. The molecule has 0 saturated heterocycles. The van der Waals surface area contributed by atoms with Gasteiger partial charge < -0.3 is 9.84 Å². The highest BCUT2D eigenvalue weighted by Gasteiger charge is 2.26. The van der Waals surface area contributed by atoms with Gasteiger partial charge in [-0.2, -0.15) is 5.26 Å². The minimum Gasteiger partial charge on any atom is -0.481 e. The van der Waals surface area contributed by atoms with Crippen LogP contribution in [0.25, 0.3) is 0 Å². The number of ether oxygens (including phenoxy) is 1. The molecule has 1 N–H and O–H groups in total. The topological polar surface area (TPSA) is 70.3 Å². The van der Waals surface area contributed by atoms with Gasteiger partial charge in [-0.05, 0) is 43.4 Å². The zero-order chi connectivity index (χ0) is 14.5. The third-order valence-electron chi connectivity index (χ3n) is 3.68. The maximum Gasteiger partial charge on any atom is 0.306 e. The summed E-state index contributed by atoms with van der Waals surface area (Å²) in [4.78, 5) is 10.9. The number of nitriles is 1. The van der Waals surface area contributed by atoms with Crippen molar-refractivity contribution in [2.45, 2.75) is 38.4 Å². The molecule has 1 aliphatic rings. The molecule has 0 spiro atoms. The number of hydrogen-bond donors (Lipinski definition) is 1. The first-order chi connectivity index (χ1) is 9.60. The highest BCUT2D eigenvalue weighted by molar-refractivity contribution is 6.31. The fraction of sp³-hybridized carbons (Fsp3) is 0.467. The third kappa shape index (κ3) is 3.72. The molecule has 0 radical (unpaired) electrons. The van der Waals surface area contributed by atoms with Crippen molar-refractivity contribution in [1.29, 1.82) is 5.26 Å². The molecule has 0 unspecified atom stereocenters. The van der Waals surface area contributed by atoms with Crippen molar-refractivity contribution in [2.24, 2.45) is 5.92 Å². The zero-order valence-electron chi connectivity index (χ0n) is 11.0. The standard InChI is InChI=1S/C15H16ClNO3/c16-14-7-10(8-17)1-2-12(14)9-20-13-5-3-11(4-6-13)15(18)19/h1-2,7,11,13H,3-6,9H2,(H,18,19). The van der Waals surface area contributed by atoms with E-state index in [9.17, 15) is 4.79 Å². The van der Waals surface area contributed by atoms with Gasteiger partial charge in [-0.1, -0.05) is 17.7 Å². The van der Waals surface area contributed by atoms with Gasteiger partial charge in [0.2, 0.25) is 0 Å². The van der Waals surface area contributed by atoms with Gasteiger partial charge in [-0.25, -0.2) is 0 Å². The fourth-order valence-electron chi connectivity index (χ4n) is 2.42. The number of carbonyl (C=O) groups is 1. The molecule has 1 fully saturated rings. The van der Waals surface area contributed by atoms with Gasteiger partial charge in [-0.15, -0.1) is 0 Å². The molecule has 1 aliphatic carbocycles. The Balaban J connectivity index is 1.85. The predicted octanol–water partition coefficient (Wildman–Crippen LogP) is 3.37. The number of halogens is 1. The van der Waals surface area contributed by atoms with Crippen LogP contribution in [0.1, 0.15) is 36.8 Å². The van der Waals surface area contributed by atoms with Crippen LogP contribution in [0.4, 0.5) is 0 Å². The molecule has 0 aromatic heterocycles. The Labute approximate surface area is 122 Å². The monoisotopic (exact) mass is 293 g/mol. The van der Waals surface area contributed by atoms with Crippen molar-refractivity contribution < 1.29 is 14.6 Å². The number of nitrogens with zero attached hydrogens (tertiary/aromatic N) is 1. The van der Waals surface area contributed by atoms with Gasteiger partial charge in [-0.3, -0.25) is 4.79 Å². The minimum absolute atomic E-state index is 0.0947. The van der Waals surface area contributed by atoms with E-state index in [4.69, 9.17) is 26.7 Å². The van der Waals surface area contributed by atoms with E-state index in [0.29, 0.717) is 30.0 Å². The lowest BCUT2D eigenvalue weighted by atomic mass is 9.87. The molecule has 0 atom stereocenters. The van der Waals surface area contributed by atoms with Gasteiger partial charge in [0, 0.05) is 5.02 Å². The highest BCUT2D eigenvalue weighted by Crippen LogP contribution is 2.28. The van der Waals surface area contributed by atoms with Crippen molar-refractivity contribution in [3.8, 4) is 6.07 Å². The zero-order valence-corrected chi connectivity index (χ0v) is 11.8. The Hall–Kier alpha value is -1.57. The van der Waals surface area contributed by atoms with Gasteiger partial charge >= 0.3 is 5.97 Å². The molecule has 0 amide bonds. The highest BCUT2D eigenvalue weighted by atomic mass is 35.5. The van der Waals surface area contributed by atoms with Crippen molar-refractivity contribution in [1.82, 2.24) is 0 Å². The van der Waals surface area contributed by atoms with Gasteiger partial charge in [0.05, 0.1) is 30.3 Å². The Bertz CT molecular complexity index is 530. The van der Waals surface area contributed by atoms with E-state index in [-0.39, 0.29) is 12.0 Å². The summed E-state index contributed by atoms with van der Waals surface area (Å²) in [6.07, 6.45) is 2.97. The summed E-state index contributed by atoms with van der Waals surface area (Å²) in [6.45, 7) is 0.396. The molecule has 1 aromatic carbocycles. The third-order valence-corrected chi connectivity index (χ3v) is 4.03. The summed E-state index contributed by atoms with van der Waals surface area (Å²) < 4.78 is 5.79. The lowest BCUT2D eigenvalue weighted by molar-refractivity contribution is -0.143. The number of carboxylic acid groups (broad SMARTS) is 1. The van der Waals surface area contributed by atoms with E-state index in [2.05, 4.69) is 0 Å². The first kappa shape index (κ1) is 14.8. The van der Waals surface area contributed by atoms with E-state index in [1.165, 1.54) is 0 Å². The van der Waals surface area contributed by atoms with Crippen molar-refractivity contribution in [3.05, 3.63) is 34.3 Å². The number of carboxylic acids is 1. The van der Waals surface area contributed by atoms with Crippen molar-refractivity contribution in [2.75, 3.05) is 0 Å². The van der Waals surface area contributed by atoms with Crippen LogP contribution in [0.15, 0.2) is 18.2 Å². The van der Waals surface area contributed by atoms with Crippen LogP contribution in [0.3, 0.4) is 0 Å². The Morgan fingerprint density at radius 1 is 1.40 bits per heavy atom. The van der Waals surface area contributed by atoms with Crippen molar-refractivity contribution in [3.63, 3.8) is 0 Å². The first-order valence-corrected chi connectivity index (χ1v) is 7.01. The Kier molecular flexibility index (Phi) is 4.99. The summed E-state index contributed by atoms with van der Waals surface area (Å²) in [7, 11) is 0. The summed E-state index contributed by atoms with van der Waals surface area (Å²) in [5, 5.41) is 18.2. The summed E-state index contributed by atoms with van der Waals surface area (Å²) in [5.41, 5.74) is 1.38. The normalized spacial score (nSPS) is 22.2.